The van der Waals surface area contributed by atoms with Gasteiger partial charge in [0, 0.05) is 0 Å². The highest BCUT2D eigenvalue weighted by atomic mass is 35.5. The molecule has 0 aliphatic heterocycles. The van der Waals surface area contributed by atoms with E-state index in [4.69, 9.17) is 27.9 Å². The van der Waals surface area contributed by atoms with Gasteiger partial charge in [0.1, 0.15) is 0 Å². The molecule has 0 fully saturated rings. The molecule has 0 aliphatic rings. The Morgan fingerprint density at radius 3 is 2.13 bits per heavy atom. The van der Waals surface area contributed by atoms with Crippen molar-refractivity contribution in [3.63, 3.8) is 0 Å². The van der Waals surface area contributed by atoms with E-state index in [1.807, 2.05) is 57.2 Å². The molecule has 4 heteroatoms. The number of hydrogen-bond acceptors (Lipinski definition) is 2. The maximum absolute atomic E-state index is 12.2. The smallest absolute Gasteiger partial charge is 0.313 e. The van der Waals surface area contributed by atoms with E-state index in [2.05, 4.69) is 0 Å². The minimum atomic E-state index is -0.236. The standard InChI is InChI=1S/C19H20Cl2O2/c1-4-16(19(22)23-12(2)3)14-7-5-13(6-8-14)15-9-10-17(20)18(21)11-15/h5-12,16H,4H2,1-3H3/t16-/m1/s1. The summed E-state index contributed by atoms with van der Waals surface area (Å²) in [5.41, 5.74) is 2.98. The second kappa shape index (κ2) is 7.85. The predicted octanol–water partition coefficient (Wildman–Crippen LogP) is 6.11. The maximum Gasteiger partial charge on any atom is 0.313 e. The van der Waals surface area contributed by atoms with Crippen LogP contribution in [0.3, 0.4) is 0 Å². The highest BCUT2D eigenvalue weighted by Crippen LogP contribution is 2.30. The van der Waals surface area contributed by atoms with Gasteiger partial charge < -0.3 is 4.74 Å². The van der Waals surface area contributed by atoms with E-state index < -0.39 is 0 Å². The Morgan fingerprint density at radius 2 is 1.61 bits per heavy atom. The lowest BCUT2D eigenvalue weighted by Gasteiger charge is -2.17. The van der Waals surface area contributed by atoms with E-state index in [0.717, 1.165) is 16.7 Å². The van der Waals surface area contributed by atoms with E-state index >= 15 is 0 Å². The van der Waals surface area contributed by atoms with E-state index in [9.17, 15) is 4.79 Å². The van der Waals surface area contributed by atoms with Gasteiger partial charge in [0.2, 0.25) is 0 Å². The van der Waals surface area contributed by atoms with Crippen LogP contribution in [-0.2, 0) is 9.53 Å². The van der Waals surface area contributed by atoms with Crippen LogP contribution in [0.5, 0.6) is 0 Å². The highest BCUT2D eigenvalue weighted by molar-refractivity contribution is 6.42. The zero-order valence-electron chi connectivity index (χ0n) is 13.5. The third-order valence-corrected chi connectivity index (χ3v) is 4.35. The number of hydrogen-bond donors (Lipinski definition) is 0. The summed E-state index contributed by atoms with van der Waals surface area (Å²) >= 11 is 12.0. The lowest BCUT2D eigenvalue weighted by atomic mass is 9.94. The van der Waals surface area contributed by atoms with Gasteiger partial charge in [0.05, 0.1) is 22.1 Å². The molecule has 2 aromatic carbocycles. The monoisotopic (exact) mass is 350 g/mol. The molecule has 0 saturated heterocycles. The molecule has 0 saturated carbocycles. The summed E-state index contributed by atoms with van der Waals surface area (Å²) in [7, 11) is 0. The van der Waals surface area contributed by atoms with Crippen molar-refractivity contribution in [1.82, 2.24) is 0 Å². The number of benzene rings is 2. The molecule has 0 unspecified atom stereocenters. The summed E-state index contributed by atoms with van der Waals surface area (Å²) in [5, 5.41) is 1.06. The van der Waals surface area contributed by atoms with Gasteiger partial charge in [-0.05, 0) is 49.1 Å². The molecule has 0 aliphatic carbocycles. The molecular formula is C19H20Cl2O2. The Bertz CT molecular complexity index is 678. The molecular weight excluding hydrogens is 331 g/mol. The van der Waals surface area contributed by atoms with Crippen LogP contribution in [-0.4, -0.2) is 12.1 Å². The molecule has 122 valence electrons. The van der Waals surface area contributed by atoms with Crippen LogP contribution in [0.25, 0.3) is 11.1 Å². The third kappa shape index (κ3) is 4.49. The van der Waals surface area contributed by atoms with Crippen molar-refractivity contribution in [2.75, 3.05) is 0 Å². The minimum Gasteiger partial charge on any atom is -0.463 e. The Kier molecular flexibility index (Phi) is 6.09. The van der Waals surface area contributed by atoms with Gasteiger partial charge in [-0.3, -0.25) is 4.79 Å². The van der Waals surface area contributed by atoms with Crippen molar-refractivity contribution in [2.24, 2.45) is 0 Å². The van der Waals surface area contributed by atoms with Crippen molar-refractivity contribution in [3.8, 4) is 11.1 Å². The van der Waals surface area contributed by atoms with Crippen LogP contribution in [0.1, 0.15) is 38.7 Å². The van der Waals surface area contributed by atoms with Gasteiger partial charge in [-0.25, -0.2) is 0 Å². The van der Waals surface area contributed by atoms with E-state index in [-0.39, 0.29) is 18.0 Å². The van der Waals surface area contributed by atoms with Gasteiger partial charge in [0.25, 0.3) is 0 Å². The van der Waals surface area contributed by atoms with E-state index in [0.29, 0.717) is 16.5 Å². The van der Waals surface area contributed by atoms with Crippen LogP contribution in [0.4, 0.5) is 0 Å². The Morgan fingerprint density at radius 1 is 1.00 bits per heavy atom. The molecule has 1 atom stereocenters. The number of esters is 1. The summed E-state index contributed by atoms with van der Waals surface area (Å²) in [5.74, 6) is -0.412. The minimum absolute atomic E-state index is 0.105. The average Bonchev–Trinajstić information content (AvgIpc) is 2.51. The Hall–Kier alpha value is -1.51. The molecule has 23 heavy (non-hydrogen) atoms. The van der Waals surface area contributed by atoms with Gasteiger partial charge in [0.15, 0.2) is 0 Å². The van der Waals surface area contributed by atoms with Crippen molar-refractivity contribution < 1.29 is 9.53 Å². The van der Waals surface area contributed by atoms with Crippen LogP contribution in [0.2, 0.25) is 10.0 Å². The summed E-state index contributed by atoms with van der Waals surface area (Å²) in [6.45, 7) is 5.70. The zero-order chi connectivity index (χ0) is 17.0. The third-order valence-electron chi connectivity index (χ3n) is 3.61. The van der Waals surface area contributed by atoms with Crippen LogP contribution in [0, 0.1) is 0 Å². The molecule has 2 rings (SSSR count). The summed E-state index contributed by atoms with van der Waals surface area (Å²) in [4.78, 5) is 12.2. The normalized spacial score (nSPS) is 12.3. The van der Waals surface area contributed by atoms with Crippen LogP contribution >= 0.6 is 23.2 Å². The fraction of sp³-hybridized carbons (Fsp3) is 0.316. The van der Waals surface area contributed by atoms with Crippen molar-refractivity contribution in [2.45, 2.75) is 39.2 Å². The number of ether oxygens (including phenoxy) is 1. The fourth-order valence-corrected chi connectivity index (χ4v) is 2.73. The molecule has 0 heterocycles. The maximum atomic E-state index is 12.2. The SMILES string of the molecule is CC[C@@H](C(=O)OC(C)C)c1ccc(-c2ccc(Cl)c(Cl)c2)cc1. The summed E-state index contributed by atoms with van der Waals surface area (Å²) in [6, 6.07) is 13.4. The topological polar surface area (TPSA) is 26.3 Å². The van der Waals surface area contributed by atoms with Crippen LogP contribution in [0.15, 0.2) is 42.5 Å². The van der Waals surface area contributed by atoms with Gasteiger partial charge >= 0.3 is 5.97 Å². The Balaban J connectivity index is 2.23. The zero-order valence-corrected chi connectivity index (χ0v) is 15.0. The first-order valence-corrected chi connectivity index (χ1v) is 8.43. The molecule has 0 spiro atoms. The average molecular weight is 351 g/mol. The number of halogens is 2. The van der Waals surface area contributed by atoms with Gasteiger partial charge in [-0.1, -0.05) is 60.5 Å². The van der Waals surface area contributed by atoms with Crippen LogP contribution < -0.4 is 0 Å². The molecule has 0 N–H and O–H groups in total. The van der Waals surface area contributed by atoms with Crippen molar-refractivity contribution in [3.05, 3.63) is 58.1 Å². The molecule has 0 aromatic heterocycles. The molecule has 0 amide bonds. The van der Waals surface area contributed by atoms with Gasteiger partial charge in [-0.2, -0.15) is 0 Å². The number of carbonyl (C=O) groups is 1. The van der Waals surface area contributed by atoms with E-state index in [1.165, 1.54) is 0 Å². The molecule has 0 bridgehead atoms. The van der Waals surface area contributed by atoms with Gasteiger partial charge in [-0.15, -0.1) is 0 Å². The number of carbonyl (C=O) groups excluding carboxylic acids is 1. The second-order valence-corrected chi connectivity index (χ2v) is 6.51. The second-order valence-electron chi connectivity index (χ2n) is 5.70. The summed E-state index contributed by atoms with van der Waals surface area (Å²) in [6.07, 6.45) is 0.601. The predicted molar refractivity (Wildman–Crippen MR) is 96.2 cm³/mol. The highest BCUT2D eigenvalue weighted by Gasteiger charge is 2.21. The fourth-order valence-electron chi connectivity index (χ4n) is 2.44. The number of rotatable bonds is 5. The molecule has 0 radical (unpaired) electrons. The molecule has 2 nitrogen and oxygen atoms in total. The first kappa shape index (κ1) is 17.8. The first-order valence-electron chi connectivity index (χ1n) is 7.68. The largest absolute Gasteiger partial charge is 0.463 e. The summed E-state index contributed by atoms with van der Waals surface area (Å²) < 4.78 is 5.33. The lowest BCUT2D eigenvalue weighted by Crippen LogP contribution is -2.19. The van der Waals surface area contributed by atoms with Crippen molar-refractivity contribution >= 4 is 29.2 Å². The molecule has 2 aromatic rings. The lowest BCUT2D eigenvalue weighted by molar-refractivity contribution is -0.149. The first-order chi connectivity index (χ1) is 10.9. The quantitative estimate of drug-likeness (QED) is 0.608. The Labute approximate surface area is 147 Å². The van der Waals surface area contributed by atoms with Crippen molar-refractivity contribution in [1.29, 1.82) is 0 Å². The van der Waals surface area contributed by atoms with E-state index in [1.54, 1.807) is 6.07 Å².